The molecular formula is C27H29N3O4S. The van der Waals surface area contributed by atoms with E-state index in [1.54, 1.807) is 27.0 Å². The number of aromatic amines is 1. The summed E-state index contributed by atoms with van der Waals surface area (Å²) in [7, 11) is -2.05. The van der Waals surface area contributed by atoms with Crippen molar-refractivity contribution >= 4 is 26.8 Å². The van der Waals surface area contributed by atoms with Gasteiger partial charge in [-0.1, -0.05) is 43.3 Å². The first-order chi connectivity index (χ1) is 16.8. The molecule has 1 unspecified atom stereocenters. The van der Waals surface area contributed by atoms with E-state index in [1.807, 2.05) is 48.7 Å². The second-order valence-corrected chi connectivity index (χ2v) is 10.1. The third kappa shape index (κ3) is 5.23. The van der Waals surface area contributed by atoms with Gasteiger partial charge < -0.3 is 15.0 Å². The normalized spacial score (nSPS) is 12.4. The fraction of sp³-hybridized carbons (Fsp3) is 0.222. The van der Waals surface area contributed by atoms with Crippen LogP contribution in [0, 0.1) is 6.92 Å². The third-order valence-corrected chi connectivity index (χ3v) is 7.62. The standard InChI is InChI=1S/C27H29N3O4S/c1-4-30-35(32,33)21-14-9-18(2)23(15-21)27(31)29-16-24(19-10-12-20(34-3)13-11-19)25-17-28-26-8-6-5-7-22(25)26/h5-15,17,24,28,30H,4,16H2,1-3H3,(H,29,31). The maximum atomic E-state index is 13.2. The number of ether oxygens (including phenoxy) is 1. The lowest BCUT2D eigenvalue weighted by atomic mass is 9.90. The monoisotopic (exact) mass is 491 g/mol. The molecule has 0 radical (unpaired) electrons. The molecule has 3 N–H and O–H groups in total. The van der Waals surface area contributed by atoms with Crippen molar-refractivity contribution in [1.82, 2.24) is 15.0 Å². The zero-order chi connectivity index (χ0) is 25.0. The number of benzene rings is 3. The quantitative estimate of drug-likeness (QED) is 0.324. The smallest absolute Gasteiger partial charge is 0.251 e. The average Bonchev–Trinajstić information content (AvgIpc) is 3.28. The lowest BCUT2D eigenvalue weighted by Crippen LogP contribution is -2.30. The van der Waals surface area contributed by atoms with Crippen LogP contribution >= 0.6 is 0 Å². The molecule has 4 aromatic rings. The third-order valence-electron chi connectivity index (χ3n) is 6.08. The van der Waals surface area contributed by atoms with Crippen LogP contribution < -0.4 is 14.8 Å². The molecule has 182 valence electrons. The van der Waals surface area contributed by atoms with E-state index in [4.69, 9.17) is 4.74 Å². The number of para-hydroxylation sites is 1. The second kappa shape index (κ2) is 10.3. The Balaban J connectivity index is 1.65. The van der Waals surface area contributed by atoms with E-state index < -0.39 is 10.0 Å². The number of aryl methyl sites for hydroxylation is 1. The molecule has 3 aromatic carbocycles. The number of carbonyl (C=O) groups is 1. The molecule has 1 atom stereocenters. The van der Waals surface area contributed by atoms with Crippen molar-refractivity contribution in [1.29, 1.82) is 0 Å². The van der Waals surface area contributed by atoms with Crippen molar-refractivity contribution in [3.63, 3.8) is 0 Å². The fourth-order valence-electron chi connectivity index (χ4n) is 4.20. The van der Waals surface area contributed by atoms with Crippen molar-refractivity contribution in [3.05, 3.63) is 95.2 Å². The predicted octanol–water partition coefficient (Wildman–Crippen LogP) is 4.35. The largest absolute Gasteiger partial charge is 0.497 e. The van der Waals surface area contributed by atoms with Gasteiger partial charge in [-0.25, -0.2) is 13.1 Å². The van der Waals surface area contributed by atoms with Crippen LogP contribution in [0.3, 0.4) is 0 Å². The Morgan fingerprint density at radius 3 is 2.51 bits per heavy atom. The number of amides is 1. The minimum atomic E-state index is -3.67. The Morgan fingerprint density at radius 2 is 1.80 bits per heavy atom. The van der Waals surface area contributed by atoms with Gasteiger partial charge in [-0.15, -0.1) is 0 Å². The van der Waals surface area contributed by atoms with Crippen LogP contribution in [0.2, 0.25) is 0 Å². The number of hydrogen-bond donors (Lipinski definition) is 3. The molecule has 1 aromatic heterocycles. The zero-order valence-corrected chi connectivity index (χ0v) is 20.8. The molecule has 0 aliphatic rings. The number of rotatable bonds is 9. The summed E-state index contributed by atoms with van der Waals surface area (Å²) >= 11 is 0. The number of H-pyrrole nitrogens is 1. The molecule has 0 spiro atoms. The van der Waals surface area contributed by atoms with Crippen LogP contribution in [-0.2, 0) is 10.0 Å². The first-order valence-electron chi connectivity index (χ1n) is 11.4. The molecule has 0 aliphatic heterocycles. The highest BCUT2D eigenvalue weighted by Gasteiger charge is 2.21. The van der Waals surface area contributed by atoms with Gasteiger partial charge in [0.1, 0.15) is 5.75 Å². The molecule has 0 aliphatic carbocycles. The van der Waals surface area contributed by atoms with Gasteiger partial charge in [0.25, 0.3) is 5.91 Å². The summed E-state index contributed by atoms with van der Waals surface area (Å²) in [6, 6.07) is 20.4. The Morgan fingerprint density at radius 1 is 1.06 bits per heavy atom. The van der Waals surface area contributed by atoms with Crippen LogP contribution in [0.15, 0.2) is 77.8 Å². The first kappa shape index (κ1) is 24.5. The zero-order valence-electron chi connectivity index (χ0n) is 20.0. The van der Waals surface area contributed by atoms with Crippen LogP contribution in [0.4, 0.5) is 0 Å². The minimum Gasteiger partial charge on any atom is -0.497 e. The van der Waals surface area contributed by atoms with Gasteiger partial charge in [0.15, 0.2) is 0 Å². The summed E-state index contributed by atoms with van der Waals surface area (Å²) in [5, 5.41) is 4.11. The van der Waals surface area contributed by atoms with E-state index in [-0.39, 0.29) is 23.3 Å². The van der Waals surface area contributed by atoms with Crippen molar-refractivity contribution in [3.8, 4) is 5.75 Å². The van der Waals surface area contributed by atoms with Gasteiger partial charge >= 0.3 is 0 Å². The summed E-state index contributed by atoms with van der Waals surface area (Å²) in [5.41, 5.74) is 4.13. The maximum absolute atomic E-state index is 13.2. The number of aromatic nitrogens is 1. The molecule has 1 amide bonds. The van der Waals surface area contributed by atoms with Crippen LogP contribution in [0.25, 0.3) is 10.9 Å². The lowest BCUT2D eigenvalue weighted by molar-refractivity contribution is 0.0951. The molecule has 7 nitrogen and oxygen atoms in total. The van der Waals surface area contributed by atoms with Crippen molar-refractivity contribution in [2.75, 3.05) is 20.2 Å². The number of nitrogens with one attached hydrogen (secondary N) is 3. The predicted molar refractivity (Wildman–Crippen MR) is 138 cm³/mol. The Bertz CT molecular complexity index is 1440. The van der Waals surface area contributed by atoms with E-state index in [0.29, 0.717) is 17.7 Å². The topological polar surface area (TPSA) is 100 Å². The number of methoxy groups -OCH3 is 1. The molecule has 4 rings (SSSR count). The number of fused-ring (bicyclic) bond motifs is 1. The number of carbonyl (C=O) groups excluding carboxylic acids is 1. The summed E-state index contributed by atoms with van der Waals surface area (Å²) in [5.74, 6) is 0.300. The van der Waals surface area contributed by atoms with Crippen molar-refractivity contribution < 1.29 is 17.9 Å². The van der Waals surface area contributed by atoms with Gasteiger partial charge in [-0.3, -0.25) is 4.79 Å². The van der Waals surface area contributed by atoms with Crippen molar-refractivity contribution in [2.24, 2.45) is 0 Å². The molecule has 0 saturated heterocycles. The molecular weight excluding hydrogens is 462 g/mol. The Labute approximate surface area is 205 Å². The summed E-state index contributed by atoms with van der Waals surface area (Å²) in [6.45, 7) is 4.10. The van der Waals surface area contributed by atoms with Crippen LogP contribution in [0.5, 0.6) is 5.75 Å². The van der Waals surface area contributed by atoms with Gasteiger partial charge in [0, 0.05) is 41.7 Å². The average molecular weight is 492 g/mol. The molecule has 0 fully saturated rings. The molecule has 8 heteroatoms. The highest BCUT2D eigenvalue weighted by Crippen LogP contribution is 2.31. The summed E-state index contributed by atoms with van der Waals surface area (Å²) < 4.78 is 32.7. The van der Waals surface area contributed by atoms with Gasteiger partial charge in [-0.2, -0.15) is 0 Å². The summed E-state index contributed by atoms with van der Waals surface area (Å²) in [4.78, 5) is 16.6. The van der Waals surface area contributed by atoms with E-state index in [0.717, 1.165) is 27.8 Å². The van der Waals surface area contributed by atoms with Crippen molar-refractivity contribution in [2.45, 2.75) is 24.7 Å². The maximum Gasteiger partial charge on any atom is 0.251 e. The van der Waals surface area contributed by atoms with Gasteiger partial charge in [0.05, 0.1) is 12.0 Å². The Hall–Kier alpha value is -3.62. The van der Waals surface area contributed by atoms with Crippen LogP contribution in [0.1, 0.15) is 39.9 Å². The van der Waals surface area contributed by atoms with E-state index in [2.05, 4.69) is 21.1 Å². The highest BCUT2D eigenvalue weighted by molar-refractivity contribution is 7.89. The number of sulfonamides is 1. The molecule has 0 bridgehead atoms. The number of hydrogen-bond acceptors (Lipinski definition) is 4. The van der Waals surface area contributed by atoms with Gasteiger partial charge in [0.2, 0.25) is 10.0 Å². The second-order valence-electron chi connectivity index (χ2n) is 8.30. The summed E-state index contributed by atoms with van der Waals surface area (Å²) in [6.07, 6.45) is 1.97. The van der Waals surface area contributed by atoms with Gasteiger partial charge in [-0.05, 0) is 53.9 Å². The van der Waals surface area contributed by atoms with Crippen LogP contribution in [-0.4, -0.2) is 39.5 Å². The molecule has 0 saturated carbocycles. The lowest BCUT2D eigenvalue weighted by Gasteiger charge is -2.19. The SMILES string of the molecule is CCNS(=O)(=O)c1ccc(C)c(C(=O)NCC(c2ccc(OC)cc2)c2c[nH]c3ccccc23)c1. The van der Waals surface area contributed by atoms with E-state index >= 15 is 0 Å². The molecule has 1 heterocycles. The molecule has 35 heavy (non-hydrogen) atoms. The Kier molecular flexibility index (Phi) is 7.23. The minimum absolute atomic E-state index is 0.0680. The fourth-order valence-corrected chi connectivity index (χ4v) is 5.27. The van der Waals surface area contributed by atoms with E-state index in [9.17, 15) is 13.2 Å². The first-order valence-corrected chi connectivity index (χ1v) is 12.9. The highest BCUT2D eigenvalue weighted by atomic mass is 32.2. The van der Waals surface area contributed by atoms with E-state index in [1.165, 1.54) is 12.1 Å².